The van der Waals surface area contributed by atoms with Crippen molar-refractivity contribution in [3.05, 3.63) is 24.1 Å². The van der Waals surface area contributed by atoms with Gasteiger partial charge < -0.3 is 0 Å². The number of rotatable bonds is 3. The summed E-state index contributed by atoms with van der Waals surface area (Å²) in [6, 6.07) is 0. The topological polar surface area (TPSA) is 0 Å². The van der Waals surface area contributed by atoms with Crippen LogP contribution in [0.25, 0.3) is 0 Å². The highest BCUT2D eigenvalue weighted by atomic mass is 32.2. The van der Waals surface area contributed by atoms with Crippen molar-refractivity contribution in [2.24, 2.45) is 5.92 Å². The molecule has 1 rings (SSSR count). The Morgan fingerprint density at radius 3 is 3.22 bits per heavy atom. The van der Waals surface area contributed by atoms with Gasteiger partial charge in [-0.25, -0.2) is 0 Å². The number of thioether (sulfide) groups is 1. The van der Waals surface area contributed by atoms with Crippen molar-refractivity contribution < 1.29 is 0 Å². The second-order valence-corrected chi connectivity index (χ2v) is 3.23. The van der Waals surface area contributed by atoms with E-state index in [0.29, 0.717) is 0 Å². The highest BCUT2D eigenvalue weighted by Crippen LogP contribution is 2.23. The first-order valence-electron chi connectivity index (χ1n) is 3.32. The molecular formula is C8H12S. The van der Waals surface area contributed by atoms with Crippen LogP contribution in [0.5, 0.6) is 0 Å². The second kappa shape index (κ2) is 3.78. The summed E-state index contributed by atoms with van der Waals surface area (Å²) in [6.07, 6.45) is 6.74. The third kappa shape index (κ3) is 2.27. The van der Waals surface area contributed by atoms with Crippen LogP contribution in [0.4, 0.5) is 0 Å². The zero-order valence-electron chi connectivity index (χ0n) is 5.55. The minimum absolute atomic E-state index is 0.827. The van der Waals surface area contributed by atoms with E-state index < -0.39 is 0 Å². The maximum Gasteiger partial charge on any atom is 0.00374 e. The molecule has 0 spiro atoms. The third-order valence-corrected chi connectivity index (χ3v) is 2.47. The molecular weight excluding hydrogens is 128 g/mol. The van der Waals surface area contributed by atoms with E-state index in [0.717, 1.165) is 12.3 Å². The molecule has 0 aliphatic carbocycles. The van der Waals surface area contributed by atoms with Crippen LogP contribution in [0.3, 0.4) is 0 Å². The largest absolute Gasteiger partial charge is 0.134 e. The van der Waals surface area contributed by atoms with Crippen molar-refractivity contribution in [2.75, 3.05) is 5.75 Å². The van der Waals surface area contributed by atoms with Crippen LogP contribution in [-0.4, -0.2) is 5.75 Å². The van der Waals surface area contributed by atoms with Crippen LogP contribution < -0.4 is 0 Å². The molecule has 0 N–H and O–H groups in total. The maximum absolute atomic E-state index is 3.69. The van der Waals surface area contributed by atoms with E-state index in [4.69, 9.17) is 0 Å². The lowest BCUT2D eigenvalue weighted by molar-refractivity contribution is 0.675. The van der Waals surface area contributed by atoms with Crippen molar-refractivity contribution in [2.45, 2.75) is 12.8 Å². The summed E-state index contributed by atoms with van der Waals surface area (Å²) >= 11 is 1.92. The van der Waals surface area contributed by atoms with Gasteiger partial charge in [0.15, 0.2) is 0 Å². The molecule has 1 unspecified atom stereocenters. The molecule has 0 radical (unpaired) electrons. The summed E-state index contributed by atoms with van der Waals surface area (Å²) in [5, 5.41) is 2.20. The molecule has 0 aromatic heterocycles. The zero-order chi connectivity index (χ0) is 6.53. The summed E-state index contributed by atoms with van der Waals surface area (Å²) in [7, 11) is 0. The standard InChI is InChI=1S/C8H12S/c1-2-3-4-8-5-6-9-7-8/h2,5-6,8H,1,3-4,7H2. The highest BCUT2D eigenvalue weighted by Gasteiger charge is 2.06. The Morgan fingerprint density at radius 1 is 1.78 bits per heavy atom. The van der Waals surface area contributed by atoms with Crippen LogP contribution in [-0.2, 0) is 0 Å². The van der Waals surface area contributed by atoms with Gasteiger partial charge in [0.05, 0.1) is 0 Å². The summed E-state index contributed by atoms with van der Waals surface area (Å²) in [6.45, 7) is 3.69. The fourth-order valence-corrected chi connectivity index (χ4v) is 1.88. The van der Waals surface area contributed by atoms with Crippen molar-refractivity contribution in [1.82, 2.24) is 0 Å². The molecule has 0 bridgehead atoms. The Morgan fingerprint density at radius 2 is 2.67 bits per heavy atom. The molecule has 0 fully saturated rings. The van der Waals surface area contributed by atoms with Gasteiger partial charge in [-0.1, -0.05) is 12.2 Å². The van der Waals surface area contributed by atoms with E-state index in [1.54, 1.807) is 0 Å². The van der Waals surface area contributed by atoms with Gasteiger partial charge in [-0.2, -0.15) is 0 Å². The van der Waals surface area contributed by atoms with Gasteiger partial charge in [0.1, 0.15) is 0 Å². The average molecular weight is 140 g/mol. The predicted molar refractivity (Wildman–Crippen MR) is 44.5 cm³/mol. The van der Waals surface area contributed by atoms with Crippen LogP contribution in [0, 0.1) is 5.92 Å². The smallest absolute Gasteiger partial charge is 0.00374 e. The molecule has 50 valence electrons. The summed E-state index contributed by atoms with van der Waals surface area (Å²) in [5.41, 5.74) is 0. The molecule has 0 aromatic rings. The maximum atomic E-state index is 3.69. The molecule has 1 heterocycles. The van der Waals surface area contributed by atoms with Gasteiger partial charge >= 0.3 is 0 Å². The number of hydrogen-bond donors (Lipinski definition) is 0. The summed E-state index contributed by atoms with van der Waals surface area (Å²) < 4.78 is 0. The first-order chi connectivity index (χ1) is 4.43. The first-order valence-corrected chi connectivity index (χ1v) is 4.37. The Hall–Kier alpha value is -0.170. The highest BCUT2D eigenvalue weighted by molar-refractivity contribution is 8.02. The fraction of sp³-hybridized carbons (Fsp3) is 0.500. The molecule has 1 atom stereocenters. The Labute approximate surface area is 61.0 Å². The lowest BCUT2D eigenvalue weighted by Crippen LogP contribution is -1.93. The summed E-state index contributed by atoms with van der Waals surface area (Å²) in [4.78, 5) is 0. The SMILES string of the molecule is C=CCCC1C=CSC1. The predicted octanol–water partition coefficient (Wildman–Crippen LogP) is 2.83. The molecule has 0 saturated carbocycles. The van der Waals surface area contributed by atoms with E-state index >= 15 is 0 Å². The van der Waals surface area contributed by atoms with Gasteiger partial charge in [0.2, 0.25) is 0 Å². The molecule has 0 amide bonds. The van der Waals surface area contributed by atoms with Gasteiger partial charge in [-0.3, -0.25) is 0 Å². The van der Waals surface area contributed by atoms with Crippen LogP contribution in [0.1, 0.15) is 12.8 Å². The molecule has 1 aliphatic heterocycles. The van der Waals surface area contributed by atoms with Gasteiger partial charge in [0, 0.05) is 5.75 Å². The van der Waals surface area contributed by atoms with Crippen molar-refractivity contribution in [3.8, 4) is 0 Å². The van der Waals surface area contributed by atoms with Crippen molar-refractivity contribution in [3.63, 3.8) is 0 Å². The molecule has 1 heteroatoms. The van der Waals surface area contributed by atoms with E-state index in [9.17, 15) is 0 Å². The third-order valence-electron chi connectivity index (χ3n) is 1.50. The van der Waals surface area contributed by atoms with Gasteiger partial charge in [0.25, 0.3) is 0 Å². The normalized spacial score (nSPS) is 24.7. The van der Waals surface area contributed by atoms with E-state index in [1.165, 1.54) is 12.2 Å². The van der Waals surface area contributed by atoms with Crippen molar-refractivity contribution in [1.29, 1.82) is 0 Å². The van der Waals surface area contributed by atoms with E-state index in [1.807, 2.05) is 17.8 Å². The lowest BCUT2D eigenvalue weighted by Gasteiger charge is -2.01. The van der Waals surface area contributed by atoms with Crippen LogP contribution in [0.15, 0.2) is 24.1 Å². The molecule has 0 aromatic carbocycles. The minimum atomic E-state index is 0.827. The molecule has 0 nitrogen and oxygen atoms in total. The zero-order valence-corrected chi connectivity index (χ0v) is 6.36. The molecule has 9 heavy (non-hydrogen) atoms. The Balaban J connectivity index is 2.12. The van der Waals surface area contributed by atoms with Crippen LogP contribution in [0.2, 0.25) is 0 Å². The molecule has 0 saturated heterocycles. The fourth-order valence-electron chi connectivity index (χ4n) is 0.913. The lowest BCUT2D eigenvalue weighted by atomic mass is 10.1. The van der Waals surface area contributed by atoms with Crippen LogP contribution >= 0.6 is 11.8 Å². The summed E-state index contributed by atoms with van der Waals surface area (Å²) in [5.74, 6) is 2.11. The number of hydrogen-bond acceptors (Lipinski definition) is 1. The Bertz CT molecular complexity index is 116. The van der Waals surface area contributed by atoms with E-state index in [-0.39, 0.29) is 0 Å². The van der Waals surface area contributed by atoms with Gasteiger partial charge in [-0.15, -0.1) is 18.3 Å². The number of allylic oxidation sites excluding steroid dienone is 2. The quantitative estimate of drug-likeness (QED) is 0.543. The molecule has 1 aliphatic rings. The Kier molecular flexibility index (Phi) is 2.92. The van der Waals surface area contributed by atoms with Crippen molar-refractivity contribution >= 4 is 11.8 Å². The average Bonchev–Trinajstić information content (AvgIpc) is 2.34. The first kappa shape index (κ1) is 6.94. The monoisotopic (exact) mass is 140 g/mol. The minimum Gasteiger partial charge on any atom is -0.134 e. The van der Waals surface area contributed by atoms with Gasteiger partial charge in [-0.05, 0) is 24.2 Å². The second-order valence-electron chi connectivity index (χ2n) is 2.29. The van der Waals surface area contributed by atoms with E-state index in [2.05, 4.69) is 18.1 Å².